The Morgan fingerprint density at radius 2 is 0.821 bits per heavy atom. The lowest BCUT2D eigenvalue weighted by Gasteiger charge is -2.10. The number of H-pyrrole nitrogens is 2. The van der Waals surface area contributed by atoms with Crippen molar-refractivity contribution in [3.8, 4) is 49.4 Å². The molecule has 13 rings (SSSR count). The van der Waals surface area contributed by atoms with Crippen molar-refractivity contribution in [1.29, 1.82) is 0 Å². The second kappa shape index (κ2) is 56.4. The van der Waals surface area contributed by atoms with Crippen LogP contribution in [0.2, 0.25) is 35.4 Å². The molecule has 0 saturated heterocycles. The maximum absolute atomic E-state index is 12.2. The average molecular weight is 2280 g/mol. The first kappa shape index (κ1) is 110. The van der Waals surface area contributed by atoms with E-state index in [1.165, 1.54) is 148 Å². The van der Waals surface area contributed by atoms with Crippen LogP contribution in [-0.4, -0.2) is 151 Å². The molecule has 0 radical (unpaired) electrons. The molecule has 652 valence electrons. The first-order chi connectivity index (χ1) is 58.1. The number of aromatic nitrogens is 13. The van der Waals surface area contributed by atoms with Crippen LogP contribution in [0.15, 0.2) is 127 Å². The molecule has 13 aromatic rings. The van der Waals surface area contributed by atoms with E-state index in [0.29, 0.717) is 73.6 Å². The van der Waals surface area contributed by atoms with Crippen molar-refractivity contribution in [2.45, 2.75) is 0 Å². The molecule has 0 unspecified atom stereocenters. The summed E-state index contributed by atoms with van der Waals surface area (Å²) in [6, 6.07) is 20.4. The fourth-order valence-corrected chi connectivity index (χ4v) is 12.2. The smallest absolute Gasteiger partial charge is 0.369 e. The molecule has 6 N–H and O–H groups in total. The van der Waals surface area contributed by atoms with Crippen LogP contribution >= 0.6 is 266 Å². The third kappa shape index (κ3) is 35.6. The molecule has 0 spiro atoms. The second-order valence-electron chi connectivity index (χ2n) is 20.1. The van der Waals surface area contributed by atoms with E-state index in [0.717, 1.165) is 12.1 Å². The van der Waals surface area contributed by atoms with E-state index in [-0.39, 0.29) is 117 Å². The Kier molecular flexibility index (Phi) is 50.2. The molecule has 123 heavy (non-hydrogen) atoms. The highest BCUT2D eigenvalue weighted by molar-refractivity contribution is 9.69. The number of nitro benzene ring substituents is 5. The molecule has 0 fully saturated rings. The van der Waals surface area contributed by atoms with Gasteiger partial charge < -0.3 is 40.3 Å². The molecule has 0 saturated carbocycles. The number of methoxy groups -OCH3 is 3. The number of hydrogen-bond donors (Lipinski definition) is 5. The van der Waals surface area contributed by atoms with Crippen molar-refractivity contribution < 1.29 is 57.7 Å². The molecule has 0 atom stereocenters. The Hall–Kier alpha value is -7.67. The SMILES string of the molecule is BrB(Br)Br.COc1ncnc(Cl)c1N.COc1ncnc(Cl)c1NC(=O)c1ccc(Cl)c([N+](=O)[O-])c1.COc1ncnc2sc(-c3ccc(Cl)c([N+](=O)[O-])c3)nc12.ClCCl.ClCCl.ClCCl.O=C(O)c1ccc(Cl)c([N+](=O)[O-])c1.O=S(Cl)Cl.O=[N+]([O-])c1cc(-c2nc3c(=S)[nH]cnc3s2)ccc1Cl.O=c1[nH]cnc2sc(-c3ccc(Cl)c([N+](=O)[O-])c3)nc12. The number of nitro groups is 5. The molecule has 8 heterocycles. The number of carboxylic acid groups (broad SMARTS) is 1. The number of rotatable bonds is 14. The van der Waals surface area contributed by atoms with E-state index < -0.39 is 51.4 Å². The molecule has 0 aliphatic rings. The van der Waals surface area contributed by atoms with Gasteiger partial charge in [0.2, 0.25) is 26.9 Å². The Morgan fingerprint density at radius 1 is 0.504 bits per heavy atom. The molecule has 0 aliphatic carbocycles. The summed E-state index contributed by atoms with van der Waals surface area (Å²) < 4.78 is 24.7. The predicted molar refractivity (Wildman–Crippen MR) is 499 cm³/mol. The number of ether oxygens (including phenoxy) is 3. The number of nitrogens with two attached hydrogens (primary N) is 1. The number of nitrogens with one attached hydrogen (secondary N) is 3. The Bertz CT molecular complexity index is 5860. The fraction of sp³-hybridized carbons (Fsp3) is 0.0984. The number of carboxylic acids is 1. The predicted octanol–water partition coefficient (Wildman–Crippen LogP) is 23.0. The van der Waals surface area contributed by atoms with Crippen molar-refractivity contribution in [3.05, 3.63) is 235 Å². The number of amides is 1. The van der Waals surface area contributed by atoms with E-state index in [1.807, 2.05) is 0 Å². The highest BCUT2D eigenvalue weighted by atomic mass is 79.9. The topological polar surface area (TPSA) is 543 Å². The van der Waals surface area contributed by atoms with Crippen LogP contribution in [0.1, 0.15) is 20.7 Å². The summed E-state index contributed by atoms with van der Waals surface area (Å²) >= 11 is 86.7. The van der Waals surface area contributed by atoms with Crippen molar-refractivity contribution in [2.75, 3.05) is 48.4 Å². The number of alkyl halides is 6. The van der Waals surface area contributed by atoms with Gasteiger partial charge in [0, 0.05) is 74.0 Å². The largest absolute Gasteiger partial charge is 0.479 e. The Balaban J connectivity index is 0.000000371. The van der Waals surface area contributed by atoms with Crippen LogP contribution in [-0.2, 0) is 9.23 Å². The van der Waals surface area contributed by atoms with E-state index in [9.17, 15) is 65.0 Å². The number of aromatic amines is 2. The van der Waals surface area contributed by atoms with E-state index in [1.54, 1.807) is 18.2 Å². The number of fused-ring (bicyclic) bond motifs is 3. The minimum atomic E-state index is -1.67. The van der Waals surface area contributed by atoms with Gasteiger partial charge in [-0.25, -0.2) is 48.9 Å². The number of nitrogens with zero attached hydrogens (tertiary/aromatic N) is 16. The van der Waals surface area contributed by atoms with Gasteiger partial charge in [0.05, 0.1) is 80.2 Å². The summed E-state index contributed by atoms with van der Waals surface area (Å²) in [4.78, 5) is 136. The minimum absolute atomic E-state index is 0.0244. The van der Waals surface area contributed by atoms with Gasteiger partial charge in [-0.3, -0.25) is 60.2 Å². The molecular weight excluding hydrogens is 2240 g/mol. The highest BCUT2D eigenvalue weighted by Gasteiger charge is 2.24. The zero-order valence-electron chi connectivity index (χ0n) is 60.2. The summed E-state index contributed by atoms with van der Waals surface area (Å²) in [5.74, 6) is -1.13. The van der Waals surface area contributed by atoms with E-state index >= 15 is 0 Å². The van der Waals surface area contributed by atoms with E-state index in [4.69, 9.17) is 192 Å². The van der Waals surface area contributed by atoms with Gasteiger partial charge in [-0.1, -0.05) is 127 Å². The number of carbonyl (C=O) groups is 2. The second-order valence-corrected chi connectivity index (χ2v) is 37.6. The molecule has 0 aliphatic heterocycles. The monoisotopic (exact) mass is 2270 g/mol. The summed E-state index contributed by atoms with van der Waals surface area (Å²) in [6.07, 6.45) is 6.63. The van der Waals surface area contributed by atoms with Gasteiger partial charge in [-0.05, 0) is 60.7 Å². The average Bonchev–Trinajstić information content (AvgIpc) is 1.63. The van der Waals surface area contributed by atoms with E-state index in [2.05, 4.69) is 139 Å². The number of carbonyl (C=O) groups excluding carboxylic acids is 1. The Morgan fingerprint density at radius 3 is 1.20 bits per heavy atom. The maximum Gasteiger partial charge on any atom is 0.369 e. The van der Waals surface area contributed by atoms with Crippen LogP contribution in [0, 0.1) is 55.2 Å². The number of aromatic carboxylic acids is 1. The number of thiazole rings is 3. The number of halogens is 18. The zero-order chi connectivity index (χ0) is 92.7. The van der Waals surface area contributed by atoms with Crippen LogP contribution in [0.5, 0.6) is 17.6 Å². The zero-order valence-corrected chi connectivity index (χ0v) is 80.4. The van der Waals surface area contributed by atoms with Gasteiger partial charge in [0.25, 0.3) is 39.9 Å². The fourth-order valence-electron chi connectivity index (χ4n) is 8.04. The van der Waals surface area contributed by atoms with Crippen LogP contribution in [0.4, 0.5) is 39.8 Å². The van der Waals surface area contributed by atoms with Crippen molar-refractivity contribution in [2.24, 2.45) is 0 Å². The standard InChI is InChI=1S/C12H8Cl2N4O4.C12H7ClN4O3S.C11H5ClN4O3S.C11H5ClN4O2S2.C7H4ClNO4.C5H6ClN3O.3CH2Cl2.BBr3.Cl2OS/c1-22-12-9(10(14)15-5-16-12)17-11(19)6-2-3-7(13)8(4-6)18(20)21;1-20-10-9-12(15-5-14-10)21-11(16-9)6-2-3-7(13)8(4-6)17(18)19;12-6-2-1-5(3-7(6)16(18)19)10-15-8-9(17)13-4-14-11(8)20-10;12-6-2-1-5(3-7(6)16(17)18)10-15-8-9(19)13-4-14-11(8)20-10;8-5-2-1-4(7(10)11)3-6(5)9(12)13;1-10-5-3(7)4(6)8-2-9-5;3*2-1-3;2-1(3)4;1-4(2)3/h2-5H,1H3,(H,17,19);2-5H,1H3;1-4H,(H,13,14,17);1-4H,(H,13,14,19);1-3H,(H,10,11);2H,7H2,1H3;3*1H2;;. The molecule has 0 bridgehead atoms. The van der Waals surface area contributed by atoms with Crippen molar-refractivity contribution in [1.82, 2.24) is 64.8 Å². The lowest BCUT2D eigenvalue weighted by molar-refractivity contribution is -0.384. The van der Waals surface area contributed by atoms with Gasteiger partial charge in [0.15, 0.2) is 31.0 Å². The molecule has 5 aromatic carbocycles. The number of hydrogen-bond acceptors (Lipinski definition) is 33. The quantitative estimate of drug-likeness (QED) is 0.0128. The third-order valence-electron chi connectivity index (χ3n) is 12.9. The summed E-state index contributed by atoms with van der Waals surface area (Å²) in [7, 11) is 11.7. The van der Waals surface area contributed by atoms with Gasteiger partial charge >= 0.3 is 9.15 Å². The van der Waals surface area contributed by atoms with Gasteiger partial charge in [-0.2, -0.15) is 15.0 Å². The maximum atomic E-state index is 12.2. The first-order valence-electron chi connectivity index (χ1n) is 30.6. The number of benzene rings is 5. The van der Waals surface area contributed by atoms with Crippen LogP contribution in [0.25, 0.3) is 62.8 Å². The lowest BCUT2D eigenvalue weighted by Crippen LogP contribution is -2.14. The normalized spacial score (nSPS) is 9.90. The van der Waals surface area contributed by atoms with Crippen molar-refractivity contribution in [3.63, 3.8) is 0 Å². The van der Waals surface area contributed by atoms with Crippen LogP contribution in [0.3, 0.4) is 0 Å². The minimum Gasteiger partial charge on any atom is -0.479 e. The molecule has 62 heteroatoms. The van der Waals surface area contributed by atoms with Crippen LogP contribution < -0.4 is 30.8 Å². The number of anilines is 2. The summed E-state index contributed by atoms with van der Waals surface area (Å²) in [5, 5.41) is 67.4. The summed E-state index contributed by atoms with van der Waals surface area (Å²) in [5.41, 5.74) is 7.02. The number of nitrogen functional groups attached to an aromatic ring is 1. The lowest BCUT2D eigenvalue weighted by atomic mass is 10.2. The third-order valence-corrected chi connectivity index (χ3v) is 18.4. The summed E-state index contributed by atoms with van der Waals surface area (Å²) in [6.45, 7) is 0. The molecule has 38 nitrogen and oxygen atoms in total. The molecule has 8 aromatic heterocycles. The first-order valence-corrected chi connectivity index (χ1v) is 44.9. The Labute approximate surface area is 807 Å². The molecular formula is C61H41BBr3Cl15N20O18S5. The van der Waals surface area contributed by atoms with Crippen molar-refractivity contribution >= 4 is 361 Å². The van der Waals surface area contributed by atoms with Gasteiger partial charge in [-0.15, -0.1) is 117 Å². The molecule has 1 amide bonds. The highest BCUT2D eigenvalue weighted by Crippen LogP contribution is 2.39. The van der Waals surface area contributed by atoms with Gasteiger partial charge in [0.1, 0.15) is 85.5 Å².